The zero-order valence-corrected chi connectivity index (χ0v) is 9.53. The monoisotopic (exact) mass is 229 g/mol. The second-order valence-corrected chi connectivity index (χ2v) is 4.76. The summed E-state index contributed by atoms with van der Waals surface area (Å²) in [5.74, 6) is -1.25. The Morgan fingerprint density at radius 1 is 1.38 bits per heavy atom. The van der Waals surface area contributed by atoms with Gasteiger partial charge in [0.05, 0.1) is 5.60 Å². The summed E-state index contributed by atoms with van der Waals surface area (Å²) >= 11 is 0. The minimum atomic E-state index is -0.891. The number of aliphatic hydroxyl groups is 1. The summed E-state index contributed by atoms with van der Waals surface area (Å²) in [6.07, 6.45) is 2.66. The van der Waals surface area contributed by atoms with Crippen LogP contribution in [0.1, 0.15) is 39.0 Å². The molecule has 1 rings (SSSR count). The van der Waals surface area contributed by atoms with Gasteiger partial charge in [-0.15, -0.1) is 0 Å². The van der Waals surface area contributed by atoms with Crippen molar-refractivity contribution in [1.82, 2.24) is 5.32 Å². The average Bonchev–Trinajstić information content (AvgIpc) is 2.10. The fourth-order valence-electron chi connectivity index (χ4n) is 1.78. The predicted octanol–water partition coefficient (Wildman–Crippen LogP) is 0.518. The Kier molecular flexibility index (Phi) is 4.29. The van der Waals surface area contributed by atoms with E-state index in [2.05, 4.69) is 5.32 Å². The number of hydrogen-bond donors (Lipinski definition) is 3. The van der Waals surface area contributed by atoms with Gasteiger partial charge >= 0.3 is 5.97 Å². The van der Waals surface area contributed by atoms with E-state index >= 15 is 0 Å². The first-order chi connectivity index (χ1) is 7.41. The van der Waals surface area contributed by atoms with E-state index in [9.17, 15) is 14.7 Å². The Morgan fingerprint density at radius 2 is 2.00 bits per heavy atom. The van der Waals surface area contributed by atoms with Gasteiger partial charge in [0.1, 0.15) is 0 Å². The van der Waals surface area contributed by atoms with Crippen LogP contribution in [-0.4, -0.2) is 34.2 Å². The lowest BCUT2D eigenvalue weighted by atomic mass is 9.80. The molecule has 5 nitrogen and oxygen atoms in total. The maximum absolute atomic E-state index is 11.4. The van der Waals surface area contributed by atoms with Crippen molar-refractivity contribution in [3.63, 3.8) is 0 Å². The fourth-order valence-corrected chi connectivity index (χ4v) is 1.78. The Labute approximate surface area is 94.8 Å². The minimum absolute atomic E-state index is 0.00229. The summed E-state index contributed by atoms with van der Waals surface area (Å²) in [6, 6.07) is 0. The Hall–Kier alpha value is -1.10. The number of aliphatic carboxylic acids is 1. The number of hydrogen-bond acceptors (Lipinski definition) is 3. The molecule has 0 saturated heterocycles. The van der Waals surface area contributed by atoms with Crippen molar-refractivity contribution in [2.45, 2.75) is 44.6 Å². The van der Waals surface area contributed by atoms with Crippen LogP contribution in [0.4, 0.5) is 0 Å². The SMILES string of the molecule is CC(CC(=O)O)CC(=O)NCC1(O)CCC1. The Balaban J connectivity index is 2.17. The van der Waals surface area contributed by atoms with Crippen molar-refractivity contribution in [2.24, 2.45) is 5.92 Å². The van der Waals surface area contributed by atoms with E-state index in [0.29, 0.717) is 0 Å². The molecular weight excluding hydrogens is 210 g/mol. The van der Waals surface area contributed by atoms with Gasteiger partial charge in [-0.3, -0.25) is 9.59 Å². The third kappa shape index (κ3) is 4.18. The predicted molar refractivity (Wildman–Crippen MR) is 57.8 cm³/mol. The van der Waals surface area contributed by atoms with Crippen LogP contribution in [0.3, 0.4) is 0 Å². The molecule has 0 heterocycles. The zero-order chi connectivity index (χ0) is 12.2. The molecule has 92 valence electrons. The Bertz CT molecular complexity index is 273. The van der Waals surface area contributed by atoms with Crippen LogP contribution in [0.25, 0.3) is 0 Å². The molecule has 16 heavy (non-hydrogen) atoms. The number of carboxylic acid groups (broad SMARTS) is 1. The highest BCUT2D eigenvalue weighted by Crippen LogP contribution is 2.30. The maximum Gasteiger partial charge on any atom is 0.303 e. The van der Waals surface area contributed by atoms with Crippen molar-refractivity contribution >= 4 is 11.9 Å². The molecule has 1 amide bonds. The molecule has 0 aromatic carbocycles. The lowest BCUT2D eigenvalue weighted by Crippen LogP contribution is -2.48. The van der Waals surface area contributed by atoms with Crippen molar-refractivity contribution in [1.29, 1.82) is 0 Å². The van der Waals surface area contributed by atoms with E-state index < -0.39 is 11.6 Å². The number of nitrogens with one attached hydrogen (secondary N) is 1. The third-order valence-corrected chi connectivity index (χ3v) is 2.96. The average molecular weight is 229 g/mol. The highest BCUT2D eigenvalue weighted by atomic mass is 16.4. The summed E-state index contributed by atoms with van der Waals surface area (Å²) in [4.78, 5) is 21.8. The van der Waals surface area contributed by atoms with Crippen molar-refractivity contribution < 1.29 is 19.8 Å². The van der Waals surface area contributed by atoms with Crippen LogP contribution in [0.15, 0.2) is 0 Å². The quantitative estimate of drug-likeness (QED) is 0.619. The molecular formula is C11H19NO4. The lowest BCUT2D eigenvalue weighted by Gasteiger charge is -2.36. The van der Waals surface area contributed by atoms with Gasteiger partial charge in [0.2, 0.25) is 5.91 Å². The molecule has 5 heteroatoms. The molecule has 0 aromatic rings. The van der Waals surface area contributed by atoms with Crippen molar-refractivity contribution in [2.75, 3.05) is 6.54 Å². The molecule has 0 radical (unpaired) electrons. The molecule has 1 aliphatic rings. The smallest absolute Gasteiger partial charge is 0.303 e. The van der Waals surface area contributed by atoms with E-state index in [1.54, 1.807) is 6.92 Å². The summed E-state index contributed by atoms with van der Waals surface area (Å²) in [5.41, 5.74) is -0.717. The standard InChI is InChI=1S/C11H19NO4/c1-8(6-10(14)15)5-9(13)12-7-11(16)3-2-4-11/h8,16H,2-7H2,1H3,(H,12,13)(H,14,15). The van der Waals surface area contributed by atoms with Gasteiger partial charge in [-0.05, 0) is 25.2 Å². The van der Waals surface area contributed by atoms with Gasteiger partial charge < -0.3 is 15.5 Å². The van der Waals surface area contributed by atoms with Gasteiger partial charge in [0.15, 0.2) is 0 Å². The molecule has 0 spiro atoms. The maximum atomic E-state index is 11.4. The minimum Gasteiger partial charge on any atom is -0.481 e. The van der Waals surface area contributed by atoms with Crippen LogP contribution in [0.2, 0.25) is 0 Å². The first kappa shape index (κ1) is 13.0. The normalized spacial score (nSPS) is 19.6. The van der Waals surface area contributed by atoms with Crippen LogP contribution < -0.4 is 5.32 Å². The van der Waals surface area contributed by atoms with E-state index in [0.717, 1.165) is 19.3 Å². The van der Waals surface area contributed by atoms with Gasteiger partial charge in [0.25, 0.3) is 0 Å². The molecule has 1 saturated carbocycles. The topological polar surface area (TPSA) is 86.6 Å². The summed E-state index contributed by atoms with van der Waals surface area (Å²) < 4.78 is 0. The number of carbonyl (C=O) groups excluding carboxylic acids is 1. The fraction of sp³-hybridized carbons (Fsp3) is 0.818. The first-order valence-corrected chi connectivity index (χ1v) is 5.62. The van der Waals surface area contributed by atoms with Gasteiger partial charge in [-0.1, -0.05) is 6.92 Å². The lowest BCUT2D eigenvalue weighted by molar-refractivity contribution is -0.138. The number of rotatable bonds is 6. The van der Waals surface area contributed by atoms with E-state index in [4.69, 9.17) is 5.11 Å². The second-order valence-electron chi connectivity index (χ2n) is 4.76. The van der Waals surface area contributed by atoms with E-state index in [-0.39, 0.29) is 31.2 Å². The van der Waals surface area contributed by atoms with Crippen molar-refractivity contribution in [3.8, 4) is 0 Å². The van der Waals surface area contributed by atoms with Crippen LogP contribution in [0.5, 0.6) is 0 Å². The van der Waals surface area contributed by atoms with Crippen LogP contribution in [-0.2, 0) is 9.59 Å². The number of carbonyl (C=O) groups is 2. The van der Waals surface area contributed by atoms with Gasteiger partial charge in [-0.2, -0.15) is 0 Å². The molecule has 1 atom stereocenters. The number of amides is 1. The van der Waals surface area contributed by atoms with E-state index in [1.165, 1.54) is 0 Å². The van der Waals surface area contributed by atoms with Crippen LogP contribution >= 0.6 is 0 Å². The highest BCUT2D eigenvalue weighted by molar-refractivity contribution is 5.77. The van der Waals surface area contributed by atoms with E-state index in [1.807, 2.05) is 0 Å². The Morgan fingerprint density at radius 3 is 2.44 bits per heavy atom. The second kappa shape index (κ2) is 5.30. The molecule has 1 fully saturated rings. The summed E-state index contributed by atoms with van der Waals surface area (Å²) in [6.45, 7) is 2.01. The summed E-state index contributed by atoms with van der Waals surface area (Å²) in [5, 5.41) is 20.9. The summed E-state index contributed by atoms with van der Waals surface area (Å²) in [7, 11) is 0. The molecule has 1 unspecified atom stereocenters. The zero-order valence-electron chi connectivity index (χ0n) is 9.53. The highest BCUT2D eigenvalue weighted by Gasteiger charge is 2.34. The molecule has 0 aromatic heterocycles. The molecule has 0 bridgehead atoms. The molecule has 0 aliphatic heterocycles. The third-order valence-electron chi connectivity index (χ3n) is 2.96. The number of carboxylic acids is 1. The first-order valence-electron chi connectivity index (χ1n) is 5.62. The molecule has 1 aliphatic carbocycles. The largest absolute Gasteiger partial charge is 0.481 e. The molecule has 3 N–H and O–H groups in total. The van der Waals surface area contributed by atoms with Crippen molar-refractivity contribution in [3.05, 3.63) is 0 Å². The van der Waals surface area contributed by atoms with Gasteiger partial charge in [-0.25, -0.2) is 0 Å². The van der Waals surface area contributed by atoms with Crippen LogP contribution in [0, 0.1) is 5.92 Å². The van der Waals surface area contributed by atoms with Gasteiger partial charge in [0, 0.05) is 19.4 Å².